The molecule has 2 aromatic rings. The van der Waals surface area contributed by atoms with Crippen LogP contribution in [0.15, 0.2) is 23.3 Å². The fourth-order valence-corrected chi connectivity index (χ4v) is 2.98. The largest absolute Gasteiger partial charge is 0.340 e. The number of fused-ring (bicyclic) bond motifs is 1. The summed E-state index contributed by atoms with van der Waals surface area (Å²) in [5.41, 5.74) is 1.56. The molecule has 7 heteroatoms. The van der Waals surface area contributed by atoms with E-state index in [2.05, 4.69) is 10.1 Å². The second-order valence-electron chi connectivity index (χ2n) is 5.94. The van der Waals surface area contributed by atoms with E-state index >= 15 is 0 Å². The molecule has 1 atom stereocenters. The highest BCUT2D eigenvalue weighted by Crippen LogP contribution is 2.15. The number of hydrogen-bond donors (Lipinski definition) is 0. The van der Waals surface area contributed by atoms with E-state index in [4.69, 9.17) is 0 Å². The summed E-state index contributed by atoms with van der Waals surface area (Å²) in [6.45, 7) is 4.79. The van der Waals surface area contributed by atoms with Crippen LogP contribution in [0.25, 0.3) is 0 Å². The fraction of sp³-hybridized carbons (Fsp3) is 0.500. The molecule has 0 fully saturated rings. The Hall–Kier alpha value is -2.44. The van der Waals surface area contributed by atoms with Crippen LogP contribution in [0.5, 0.6) is 0 Å². The zero-order chi connectivity index (χ0) is 16.6. The minimum Gasteiger partial charge on any atom is -0.340 e. The van der Waals surface area contributed by atoms with Crippen molar-refractivity contribution in [2.24, 2.45) is 7.05 Å². The lowest BCUT2D eigenvalue weighted by Crippen LogP contribution is -2.38. The average Bonchev–Trinajstić information content (AvgIpc) is 2.99. The van der Waals surface area contributed by atoms with Crippen LogP contribution in [-0.4, -0.2) is 43.2 Å². The van der Waals surface area contributed by atoms with E-state index in [1.165, 1.54) is 0 Å². The van der Waals surface area contributed by atoms with Crippen LogP contribution >= 0.6 is 0 Å². The van der Waals surface area contributed by atoms with Gasteiger partial charge in [0.15, 0.2) is 0 Å². The van der Waals surface area contributed by atoms with E-state index in [1.54, 1.807) is 34.8 Å². The van der Waals surface area contributed by atoms with Crippen LogP contribution in [0, 0.1) is 6.92 Å². The molecule has 23 heavy (non-hydrogen) atoms. The van der Waals surface area contributed by atoms with Crippen molar-refractivity contribution in [1.82, 2.24) is 24.2 Å². The number of carbonyl (C=O) groups is 1. The SMILES string of the molecule is Cc1nc2c(c(=O)n1C)CCN(C(=O)[C@@H](C)n1cccn1)CC2. The Kier molecular flexibility index (Phi) is 4.02. The molecule has 122 valence electrons. The van der Waals surface area contributed by atoms with Crippen molar-refractivity contribution in [1.29, 1.82) is 0 Å². The van der Waals surface area contributed by atoms with Crippen molar-refractivity contribution in [3.63, 3.8) is 0 Å². The first kappa shape index (κ1) is 15.5. The summed E-state index contributed by atoms with van der Waals surface area (Å²) in [4.78, 5) is 31.4. The summed E-state index contributed by atoms with van der Waals surface area (Å²) < 4.78 is 3.23. The zero-order valence-corrected chi connectivity index (χ0v) is 13.7. The van der Waals surface area contributed by atoms with Crippen LogP contribution in [0.2, 0.25) is 0 Å². The molecule has 3 rings (SSSR count). The van der Waals surface area contributed by atoms with E-state index in [0.29, 0.717) is 31.8 Å². The fourth-order valence-electron chi connectivity index (χ4n) is 2.98. The molecule has 2 aromatic heterocycles. The minimum absolute atomic E-state index is 0.00178. The van der Waals surface area contributed by atoms with Gasteiger partial charge in [0, 0.05) is 44.5 Å². The second-order valence-corrected chi connectivity index (χ2v) is 5.94. The van der Waals surface area contributed by atoms with Gasteiger partial charge in [-0.1, -0.05) is 0 Å². The highest BCUT2D eigenvalue weighted by molar-refractivity contribution is 5.80. The summed E-state index contributed by atoms with van der Waals surface area (Å²) in [5, 5.41) is 4.14. The Balaban J connectivity index is 1.81. The van der Waals surface area contributed by atoms with Gasteiger partial charge in [-0.15, -0.1) is 0 Å². The molecule has 0 bridgehead atoms. The molecule has 0 saturated heterocycles. The smallest absolute Gasteiger partial charge is 0.256 e. The van der Waals surface area contributed by atoms with Gasteiger partial charge < -0.3 is 4.90 Å². The van der Waals surface area contributed by atoms with Gasteiger partial charge in [0.2, 0.25) is 5.91 Å². The van der Waals surface area contributed by atoms with Crippen LogP contribution in [0.3, 0.4) is 0 Å². The number of rotatable bonds is 2. The molecule has 0 spiro atoms. The van der Waals surface area contributed by atoms with Crippen molar-refractivity contribution in [2.45, 2.75) is 32.7 Å². The van der Waals surface area contributed by atoms with Gasteiger partial charge in [0.1, 0.15) is 11.9 Å². The maximum Gasteiger partial charge on any atom is 0.256 e. The van der Waals surface area contributed by atoms with Crippen molar-refractivity contribution in [2.75, 3.05) is 13.1 Å². The summed E-state index contributed by atoms with van der Waals surface area (Å²) in [6.07, 6.45) is 4.62. The first-order valence-electron chi connectivity index (χ1n) is 7.82. The van der Waals surface area contributed by atoms with Crippen molar-refractivity contribution >= 4 is 5.91 Å². The van der Waals surface area contributed by atoms with Crippen molar-refractivity contribution < 1.29 is 4.79 Å². The number of carbonyl (C=O) groups excluding carboxylic acids is 1. The molecular formula is C16H21N5O2. The predicted octanol–water partition coefficient (Wildman–Crippen LogP) is 0.474. The molecule has 0 saturated carbocycles. The lowest BCUT2D eigenvalue weighted by molar-refractivity contribution is -0.134. The summed E-state index contributed by atoms with van der Waals surface area (Å²) in [6, 6.07) is 1.46. The van der Waals surface area contributed by atoms with Crippen LogP contribution in [0.1, 0.15) is 30.0 Å². The number of amides is 1. The van der Waals surface area contributed by atoms with Gasteiger partial charge in [0.05, 0.1) is 5.69 Å². The zero-order valence-electron chi connectivity index (χ0n) is 13.7. The lowest BCUT2D eigenvalue weighted by atomic mass is 10.1. The molecule has 0 unspecified atom stereocenters. The Morgan fingerprint density at radius 1 is 1.30 bits per heavy atom. The van der Waals surface area contributed by atoms with E-state index in [9.17, 15) is 9.59 Å². The maximum atomic E-state index is 12.7. The van der Waals surface area contributed by atoms with Crippen LogP contribution < -0.4 is 5.56 Å². The Morgan fingerprint density at radius 3 is 2.74 bits per heavy atom. The normalized spacial score (nSPS) is 15.9. The molecule has 3 heterocycles. The molecule has 0 aromatic carbocycles. The van der Waals surface area contributed by atoms with Crippen molar-refractivity contribution in [3.8, 4) is 0 Å². The van der Waals surface area contributed by atoms with E-state index in [-0.39, 0.29) is 17.5 Å². The van der Waals surface area contributed by atoms with E-state index in [1.807, 2.05) is 18.7 Å². The number of nitrogens with zero attached hydrogens (tertiary/aromatic N) is 5. The van der Waals surface area contributed by atoms with Gasteiger partial charge in [-0.05, 0) is 26.3 Å². The van der Waals surface area contributed by atoms with Gasteiger partial charge in [0.25, 0.3) is 5.56 Å². The highest BCUT2D eigenvalue weighted by Gasteiger charge is 2.26. The van der Waals surface area contributed by atoms with E-state index < -0.39 is 0 Å². The Bertz CT molecular complexity index is 779. The summed E-state index contributed by atoms with van der Waals surface area (Å²) in [7, 11) is 1.73. The van der Waals surface area contributed by atoms with Crippen molar-refractivity contribution in [3.05, 3.63) is 45.9 Å². The predicted molar refractivity (Wildman–Crippen MR) is 85.1 cm³/mol. The molecule has 0 radical (unpaired) electrons. The number of aryl methyl sites for hydroxylation is 1. The second kappa shape index (κ2) is 5.98. The standard InChI is InChI=1S/C16H21N5O2/c1-11(21-8-4-7-17-21)15(22)20-9-5-13-14(6-10-20)18-12(2)19(3)16(13)23/h4,7-8,11H,5-6,9-10H2,1-3H3/t11-/m1/s1. The Morgan fingerprint density at radius 2 is 2.04 bits per heavy atom. The third-order valence-corrected chi connectivity index (χ3v) is 4.53. The maximum absolute atomic E-state index is 12.7. The first-order chi connectivity index (χ1) is 11.0. The Labute approximate surface area is 134 Å². The summed E-state index contributed by atoms with van der Waals surface area (Å²) >= 11 is 0. The topological polar surface area (TPSA) is 73.0 Å². The third-order valence-electron chi connectivity index (χ3n) is 4.53. The molecular weight excluding hydrogens is 294 g/mol. The molecule has 0 aliphatic carbocycles. The van der Waals surface area contributed by atoms with Gasteiger partial charge >= 0.3 is 0 Å². The van der Waals surface area contributed by atoms with Gasteiger partial charge in [-0.2, -0.15) is 5.10 Å². The quantitative estimate of drug-likeness (QED) is 0.808. The molecule has 1 aliphatic heterocycles. The van der Waals surface area contributed by atoms with Gasteiger partial charge in [-0.3, -0.25) is 18.8 Å². The van der Waals surface area contributed by atoms with Gasteiger partial charge in [-0.25, -0.2) is 4.98 Å². The van der Waals surface area contributed by atoms with E-state index in [0.717, 1.165) is 11.3 Å². The molecule has 7 nitrogen and oxygen atoms in total. The molecule has 0 N–H and O–H groups in total. The molecule has 1 amide bonds. The average molecular weight is 315 g/mol. The molecule has 1 aliphatic rings. The summed E-state index contributed by atoms with van der Waals surface area (Å²) in [5.74, 6) is 0.730. The monoisotopic (exact) mass is 315 g/mol. The van der Waals surface area contributed by atoms with Crippen LogP contribution in [-0.2, 0) is 24.7 Å². The third kappa shape index (κ3) is 2.78. The number of aromatic nitrogens is 4. The van der Waals surface area contributed by atoms with Crippen LogP contribution in [0.4, 0.5) is 0 Å². The lowest BCUT2D eigenvalue weighted by Gasteiger charge is -2.24. The first-order valence-corrected chi connectivity index (χ1v) is 7.82. The minimum atomic E-state index is -0.344. The number of hydrogen-bond acceptors (Lipinski definition) is 4. The highest BCUT2D eigenvalue weighted by atomic mass is 16.2.